The SMILES string of the molecule is CCOP(=O)(OCC)N1Cc2cccc(c2)CN(P(=O)(OCC)OCC)Cc2cccc(n2)C1. The molecule has 0 atom stereocenters. The summed E-state index contributed by atoms with van der Waals surface area (Å²) in [6.45, 7) is 9.46. The van der Waals surface area contributed by atoms with E-state index >= 15 is 0 Å². The number of fused-ring (bicyclic) bond motifs is 4. The van der Waals surface area contributed by atoms with Gasteiger partial charge in [-0.05, 0) is 51.0 Å². The number of pyridine rings is 1. The van der Waals surface area contributed by atoms with Crippen LogP contribution in [-0.4, -0.2) is 40.8 Å². The number of hydrogen-bond acceptors (Lipinski definition) is 7. The fourth-order valence-electron chi connectivity index (χ4n) is 3.84. The Hall–Kier alpha value is -1.41. The monoisotopic (exact) mass is 511 g/mol. The van der Waals surface area contributed by atoms with Gasteiger partial charge in [0, 0.05) is 13.1 Å². The van der Waals surface area contributed by atoms with Crippen molar-refractivity contribution in [2.45, 2.75) is 53.9 Å². The average molecular weight is 511 g/mol. The minimum atomic E-state index is -3.54. The number of rotatable bonds is 10. The van der Waals surface area contributed by atoms with Gasteiger partial charge in [0.2, 0.25) is 0 Å². The van der Waals surface area contributed by atoms with Crippen molar-refractivity contribution >= 4 is 15.5 Å². The zero-order chi connectivity index (χ0) is 24.6. The third kappa shape index (κ3) is 6.84. The van der Waals surface area contributed by atoms with Crippen LogP contribution in [-0.2, 0) is 53.4 Å². The predicted octanol–water partition coefficient (Wildman–Crippen LogP) is 5.76. The molecule has 0 radical (unpaired) electrons. The Labute approximate surface area is 202 Å². The Kier molecular flexibility index (Phi) is 10.0. The molecule has 1 aliphatic rings. The lowest BCUT2D eigenvalue weighted by Crippen LogP contribution is -2.26. The maximum absolute atomic E-state index is 13.7. The molecule has 4 bridgehead atoms. The van der Waals surface area contributed by atoms with E-state index in [1.807, 2.05) is 42.5 Å². The summed E-state index contributed by atoms with van der Waals surface area (Å²) in [5, 5.41) is 0. The minimum absolute atomic E-state index is 0.264. The predicted molar refractivity (Wildman–Crippen MR) is 131 cm³/mol. The summed E-state index contributed by atoms with van der Waals surface area (Å²) in [5.74, 6) is 0. The van der Waals surface area contributed by atoms with Crippen molar-refractivity contribution in [2.75, 3.05) is 26.4 Å². The number of aromatic nitrogens is 1. The first-order chi connectivity index (χ1) is 16.4. The molecule has 188 valence electrons. The Morgan fingerprint density at radius 2 is 1.06 bits per heavy atom. The van der Waals surface area contributed by atoms with Crippen LogP contribution in [0.2, 0.25) is 0 Å². The molecular formula is C23H35N3O6P2. The van der Waals surface area contributed by atoms with Crippen LogP contribution in [0.25, 0.3) is 0 Å². The van der Waals surface area contributed by atoms with Crippen molar-refractivity contribution in [1.29, 1.82) is 0 Å². The quantitative estimate of drug-likeness (QED) is 0.369. The third-order valence-electron chi connectivity index (χ3n) is 5.14. The van der Waals surface area contributed by atoms with E-state index in [-0.39, 0.29) is 39.5 Å². The normalized spacial score (nSPS) is 16.1. The molecule has 1 aliphatic heterocycles. The van der Waals surface area contributed by atoms with Gasteiger partial charge in [0.15, 0.2) is 0 Å². The summed E-state index contributed by atoms with van der Waals surface area (Å²) < 4.78 is 53.4. The van der Waals surface area contributed by atoms with Crippen molar-refractivity contribution in [3.8, 4) is 0 Å². The minimum Gasteiger partial charge on any atom is -0.297 e. The Balaban J connectivity index is 2.07. The standard InChI is InChI=1S/C23H35N3O6P2/c1-5-29-33(27,30-6-2)25-16-20-11-9-12-21(15-20)17-26(34(28,31-7-3)32-8-4)19-23-14-10-13-22(18-25)24-23/h9-15H,5-8,16-19H2,1-4H3. The lowest BCUT2D eigenvalue weighted by atomic mass is 10.1. The topological polar surface area (TPSA) is 90.4 Å². The maximum atomic E-state index is 13.7. The highest BCUT2D eigenvalue weighted by molar-refractivity contribution is 7.51. The molecule has 11 heteroatoms. The highest BCUT2D eigenvalue weighted by Crippen LogP contribution is 2.55. The van der Waals surface area contributed by atoms with E-state index < -0.39 is 15.5 Å². The second-order valence-electron chi connectivity index (χ2n) is 7.69. The van der Waals surface area contributed by atoms with Crippen molar-refractivity contribution in [3.63, 3.8) is 0 Å². The molecule has 0 saturated carbocycles. The van der Waals surface area contributed by atoms with Crippen LogP contribution in [0.5, 0.6) is 0 Å². The van der Waals surface area contributed by atoms with Crippen molar-refractivity contribution in [3.05, 3.63) is 65.0 Å². The molecule has 0 unspecified atom stereocenters. The Morgan fingerprint density at radius 3 is 1.44 bits per heavy atom. The highest BCUT2D eigenvalue weighted by Gasteiger charge is 2.36. The molecule has 0 amide bonds. The van der Waals surface area contributed by atoms with Gasteiger partial charge >= 0.3 is 15.5 Å². The Morgan fingerprint density at radius 1 is 0.676 bits per heavy atom. The molecule has 2 heterocycles. The van der Waals surface area contributed by atoms with Gasteiger partial charge in [0.05, 0.1) is 50.9 Å². The molecule has 34 heavy (non-hydrogen) atoms. The summed E-state index contributed by atoms with van der Waals surface area (Å²) in [4.78, 5) is 4.76. The second-order valence-corrected chi connectivity index (χ2v) is 11.7. The summed E-state index contributed by atoms with van der Waals surface area (Å²) >= 11 is 0. The number of hydrogen-bond donors (Lipinski definition) is 0. The van der Waals surface area contributed by atoms with Crippen LogP contribution >= 0.6 is 15.5 Å². The largest absolute Gasteiger partial charge is 0.408 e. The fourth-order valence-corrected chi connectivity index (χ4v) is 7.26. The van der Waals surface area contributed by atoms with Crippen molar-refractivity contribution in [1.82, 2.24) is 14.3 Å². The van der Waals surface area contributed by atoms with E-state index in [1.54, 1.807) is 37.0 Å². The molecule has 1 aromatic carbocycles. The van der Waals surface area contributed by atoms with Crippen molar-refractivity contribution < 1.29 is 27.2 Å². The first-order valence-electron chi connectivity index (χ1n) is 11.7. The van der Waals surface area contributed by atoms with Crippen LogP contribution in [0, 0.1) is 0 Å². The van der Waals surface area contributed by atoms with E-state index in [1.165, 1.54) is 0 Å². The molecule has 0 aliphatic carbocycles. The van der Waals surface area contributed by atoms with Crippen molar-refractivity contribution in [2.24, 2.45) is 0 Å². The molecule has 0 N–H and O–H groups in total. The van der Waals surface area contributed by atoms with Crippen LogP contribution in [0.4, 0.5) is 0 Å². The molecule has 0 saturated heterocycles. The zero-order valence-corrected chi connectivity index (χ0v) is 22.2. The summed E-state index contributed by atoms with van der Waals surface area (Å²) in [5.41, 5.74) is 3.26. The van der Waals surface area contributed by atoms with Gasteiger partial charge in [-0.3, -0.25) is 23.1 Å². The summed E-state index contributed by atoms with van der Waals surface area (Å²) in [6, 6.07) is 13.5. The van der Waals surface area contributed by atoms with Gasteiger partial charge in [-0.15, -0.1) is 0 Å². The molecule has 2 aromatic rings. The zero-order valence-electron chi connectivity index (χ0n) is 20.4. The number of nitrogens with zero attached hydrogens (tertiary/aromatic N) is 3. The Bertz CT molecular complexity index is 893. The second kappa shape index (κ2) is 12.5. The fraction of sp³-hybridized carbons (Fsp3) is 0.522. The van der Waals surface area contributed by atoms with Gasteiger partial charge in [0.1, 0.15) is 0 Å². The highest BCUT2D eigenvalue weighted by atomic mass is 31.2. The summed E-state index contributed by atoms with van der Waals surface area (Å²) in [7, 11) is -7.08. The van der Waals surface area contributed by atoms with Crippen LogP contribution in [0.3, 0.4) is 0 Å². The van der Waals surface area contributed by atoms with E-state index in [4.69, 9.17) is 23.1 Å². The van der Waals surface area contributed by atoms with E-state index in [0.29, 0.717) is 24.5 Å². The smallest absolute Gasteiger partial charge is 0.297 e. The lowest BCUT2D eigenvalue weighted by molar-refractivity contribution is 0.159. The van der Waals surface area contributed by atoms with Crippen LogP contribution in [0.15, 0.2) is 42.5 Å². The maximum Gasteiger partial charge on any atom is 0.408 e. The summed E-state index contributed by atoms with van der Waals surface area (Å²) in [6.07, 6.45) is 0. The van der Waals surface area contributed by atoms with E-state index in [9.17, 15) is 9.13 Å². The lowest BCUT2D eigenvalue weighted by Gasteiger charge is -2.32. The van der Waals surface area contributed by atoms with Gasteiger partial charge in [-0.25, -0.2) is 9.13 Å². The number of benzene rings is 1. The van der Waals surface area contributed by atoms with Crippen LogP contribution < -0.4 is 0 Å². The molecule has 3 rings (SSSR count). The first-order valence-corrected chi connectivity index (χ1v) is 14.7. The molecule has 1 aromatic heterocycles. The molecule has 0 spiro atoms. The molecule has 9 nitrogen and oxygen atoms in total. The van der Waals surface area contributed by atoms with Gasteiger partial charge in [-0.1, -0.05) is 30.3 Å². The van der Waals surface area contributed by atoms with Gasteiger partial charge in [0.25, 0.3) is 0 Å². The van der Waals surface area contributed by atoms with Gasteiger partial charge < -0.3 is 0 Å². The van der Waals surface area contributed by atoms with Crippen LogP contribution in [0.1, 0.15) is 50.2 Å². The first kappa shape index (κ1) is 27.2. The van der Waals surface area contributed by atoms with E-state index in [0.717, 1.165) is 11.1 Å². The third-order valence-corrected chi connectivity index (χ3v) is 9.43. The van der Waals surface area contributed by atoms with E-state index in [2.05, 4.69) is 0 Å². The van der Waals surface area contributed by atoms with Gasteiger partial charge in [-0.2, -0.15) is 9.34 Å². The molecular weight excluding hydrogens is 476 g/mol. The molecule has 0 fully saturated rings. The average Bonchev–Trinajstić information content (AvgIpc) is 2.79.